The van der Waals surface area contributed by atoms with Gasteiger partial charge in [0.15, 0.2) is 0 Å². The maximum absolute atomic E-state index is 3.72. The number of hydrogen-bond acceptors (Lipinski definition) is 2. The molecule has 9 heavy (non-hydrogen) atoms. The van der Waals surface area contributed by atoms with Crippen LogP contribution in [0.3, 0.4) is 0 Å². The van der Waals surface area contributed by atoms with Crippen LogP contribution in [-0.4, -0.2) is 13.6 Å². The van der Waals surface area contributed by atoms with Crippen LogP contribution in [0.15, 0.2) is 12.7 Å². The number of rotatable bonds is 4. The molecule has 0 aliphatic heterocycles. The molecule has 0 atom stereocenters. The largest absolute Gasteiger partial charge is 0.261 e. The van der Waals surface area contributed by atoms with Gasteiger partial charge in [-0.3, -0.25) is 10.9 Å². The molecule has 54 valence electrons. The van der Waals surface area contributed by atoms with E-state index in [2.05, 4.69) is 31.3 Å². The predicted octanol–water partition coefficient (Wildman–Crippen LogP) is 0.923. The van der Waals surface area contributed by atoms with E-state index < -0.39 is 0 Å². The lowest BCUT2D eigenvalue weighted by Crippen LogP contribution is -2.35. The minimum atomic E-state index is 0.184. The highest BCUT2D eigenvalue weighted by Gasteiger charge is 2.10. The average molecular weight is 128 g/mol. The molecule has 0 spiro atoms. The summed E-state index contributed by atoms with van der Waals surface area (Å²) in [5.74, 6) is 0. The average Bonchev–Trinajstić information content (AvgIpc) is 1.84. The van der Waals surface area contributed by atoms with E-state index in [1.807, 2.05) is 13.1 Å². The van der Waals surface area contributed by atoms with Gasteiger partial charge in [-0.2, -0.15) is 0 Å². The molecular weight excluding hydrogens is 112 g/mol. The molecular formula is C7H16N2. The third-order valence-corrected chi connectivity index (χ3v) is 1.27. The summed E-state index contributed by atoms with van der Waals surface area (Å²) in [7, 11) is 1.86. The highest BCUT2D eigenvalue weighted by molar-refractivity contribution is 4.88. The third-order valence-electron chi connectivity index (χ3n) is 1.27. The van der Waals surface area contributed by atoms with Crippen molar-refractivity contribution >= 4 is 0 Å². The van der Waals surface area contributed by atoms with Crippen molar-refractivity contribution in [1.82, 2.24) is 10.9 Å². The van der Waals surface area contributed by atoms with Gasteiger partial charge in [-0.05, 0) is 12.5 Å². The topological polar surface area (TPSA) is 24.1 Å². The quantitative estimate of drug-likeness (QED) is 0.434. The Labute approximate surface area is 57.3 Å². The second kappa shape index (κ2) is 3.64. The monoisotopic (exact) mass is 128 g/mol. The smallest absolute Gasteiger partial charge is 0.0185 e. The minimum absolute atomic E-state index is 0.184. The van der Waals surface area contributed by atoms with Crippen LogP contribution >= 0.6 is 0 Å². The van der Waals surface area contributed by atoms with E-state index in [0.717, 1.165) is 6.54 Å². The normalized spacial score (nSPS) is 11.4. The molecule has 2 N–H and O–H groups in total. The van der Waals surface area contributed by atoms with E-state index in [0.29, 0.717) is 0 Å². The van der Waals surface area contributed by atoms with Crippen LogP contribution in [0.1, 0.15) is 13.8 Å². The first-order valence-electron chi connectivity index (χ1n) is 3.15. The summed E-state index contributed by atoms with van der Waals surface area (Å²) in [6.45, 7) is 8.89. The fourth-order valence-corrected chi connectivity index (χ4v) is 0.388. The van der Waals surface area contributed by atoms with Crippen molar-refractivity contribution in [3.8, 4) is 0 Å². The molecule has 0 saturated heterocycles. The molecule has 0 fully saturated rings. The fourth-order valence-electron chi connectivity index (χ4n) is 0.388. The van der Waals surface area contributed by atoms with Crippen molar-refractivity contribution in [2.45, 2.75) is 13.8 Å². The zero-order valence-electron chi connectivity index (χ0n) is 6.49. The van der Waals surface area contributed by atoms with Crippen molar-refractivity contribution < 1.29 is 0 Å². The van der Waals surface area contributed by atoms with Gasteiger partial charge in [0.2, 0.25) is 0 Å². The number of hydrogen-bond donors (Lipinski definition) is 2. The van der Waals surface area contributed by atoms with E-state index in [4.69, 9.17) is 0 Å². The van der Waals surface area contributed by atoms with Gasteiger partial charge in [0, 0.05) is 6.54 Å². The predicted molar refractivity (Wildman–Crippen MR) is 41.0 cm³/mol. The van der Waals surface area contributed by atoms with Crippen LogP contribution in [0.2, 0.25) is 0 Å². The molecule has 0 aliphatic rings. The summed E-state index contributed by atoms with van der Waals surface area (Å²) >= 11 is 0. The summed E-state index contributed by atoms with van der Waals surface area (Å²) < 4.78 is 0. The summed E-state index contributed by atoms with van der Waals surface area (Å²) in [5, 5.41) is 0. The van der Waals surface area contributed by atoms with Crippen molar-refractivity contribution in [1.29, 1.82) is 0 Å². The lowest BCUT2D eigenvalue weighted by atomic mass is 9.94. The van der Waals surface area contributed by atoms with Gasteiger partial charge >= 0.3 is 0 Å². The Bertz CT molecular complexity index is 86.9. The lowest BCUT2D eigenvalue weighted by Gasteiger charge is -2.19. The molecule has 0 heterocycles. The second-order valence-electron chi connectivity index (χ2n) is 2.80. The molecule has 0 aliphatic carbocycles. The molecule has 0 saturated carbocycles. The molecule has 0 rings (SSSR count). The summed E-state index contributed by atoms with van der Waals surface area (Å²) in [4.78, 5) is 0. The zero-order valence-corrected chi connectivity index (χ0v) is 6.49. The van der Waals surface area contributed by atoms with E-state index in [-0.39, 0.29) is 5.41 Å². The summed E-state index contributed by atoms with van der Waals surface area (Å²) in [5.41, 5.74) is 6.06. The zero-order chi connectivity index (χ0) is 7.33. The van der Waals surface area contributed by atoms with Crippen LogP contribution in [-0.2, 0) is 0 Å². The van der Waals surface area contributed by atoms with Gasteiger partial charge in [0.1, 0.15) is 0 Å². The van der Waals surface area contributed by atoms with Crippen LogP contribution < -0.4 is 10.9 Å². The van der Waals surface area contributed by atoms with Gasteiger partial charge in [0.05, 0.1) is 0 Å². The van der Waals surface area contributed by atoms with Gasteiger partial charge in [-0.25, -0.2) is 0 Å². The number of hydrazine groups is 1. The van der Waals surface area contributed by atoms with Crippen molar-refractivity contribution in [3.05, 3.63) is 12.7 Å². The van der Waals surface area contributed by atoms with E-state index in [9.17, 15) is 0 Å². The van der Waals surface area contributed by atoms with Crippen molar-refractivity contribution in [2.75, 3.05) is 13.6 Å². The highest BCUT2D eigenvalue weighted by Crippen LogP contribution is 2.12. The van der Waals surface area contributed by atoms with E-state index in [1.54, 1.807) is 0 Å². The molecule has 0 radical (unpaired) electrons. The molecule has 0 aromatic heterocycles. The number of nitrogens with one attached hydrogen (secondary N) is 2. The Morgan fingerprint density at radius 2 is 2.11 bits per heavy atom. The second-order valence-corrected chi connectivity index (χ2v) is 2.80. The highest BCUT2D eigenvalue weighted by atomic mass is 15.3. The van der Waals surface area contributed by atoms with Gasteiger partial charge < -0.3 is 0 Å². The first kappa shape index (κ1) is 8.66. The maximum Gasteiger partial charge on any atom is 0.0185 e. The molecule has 0 bridgehead atoms. The Kier molecular flexibility index (Phi) is 3.50. The Morgan fingerprint density at radius 3 is 2.44 bits per heavy atom. The first-order valence-corrected chi connectivity index (χ1v) is 3.15. The van der Waals surface area contributed by atoms with Crippen LogP contribution in [0.25, 0.3) is 0 Å². The Morgan fingerprint density at radius 1 is 1.56 bits per heavy atom. The molecule has 2 nitrogen and oxygen atoms in total. The standard InChI is InChI=1S/C7H16N2/c1-5-7(2,3)6-9-8-4/h5,8-9H,1,6H2,2-4H3. The van der Waals surface area contributed by atoms with Crippen LogP contribution in [0, 0.1) is 5.41 Å². The van der Waals surface area contributed by atoms with Crippen molar-refractivity contribution in [3.63, 3.8) is 0 Å². The summed E-state index contributed by atoms with van der Waals surface area (Å²) in [6, 6.07) is 0. The molecule has 0 aromatic rings. The van der Waals surface area contributed by atoms with Crippen LogP contribution in [0.4, 0.5) is 0 Å². The first-order chi connectivity index (χ1) is 4.12. The summed E-state index contributed by atoms with van der Waals surface area (Å²) in [6.07, 6.45) is 1.94. The molecule has 0 unspecified atom stereocenters. The Hall–Kier alpha value is -0.340. The van der Waals surface area contributed by atoms with Crippen LogP contribution in [0.5, 0.6) is 0 Å². The van der Waals surface area contributed by atoms with Gasteiger partial charge in [0.25, 0.3) is 0 Å². The SMILES string of the molecule is C=CC(C)(C)CNNC. The molecule has 0 amide bonds. The minimum Gasteiger partial charge on any atom is -0.261 e. The van der Waals surface area contributed by atoms with Crippen molar-refractivity contribution in [2.24, 2.45) is 5.41 Å². The molecule has 0 aromatic carbocycles. The van der Waals surface area contributed by atoms with E-state index in [1.165, 1.54) is 0 Å². The van der Waals surface area contributed by atoms with E-state index >= 15 is 0 Å². The third kappa shape index (κ3) is 4.18. The molecule has 2 heteroatoms. The maximum atomic E-state index is 3.72. The fraction of sp³-hybridized carbons (Fsp3) is 0.714. The van der Waals surface area contributed by atoms with Gasteiger partial charge in [-0.1, -0.05) is 19.9 Å². The lowest BCUT2D eigenvalue weighted by molar-refractivity contribution is 0.408. The van der Waals surface area contributed by atoms with Gasteiger partial charge in [-0.15, -0.1) is 6.58 Å². The Balaban J connectivity index is 3.45.